The van der Waals surface area contributed by atoms with Crippen molar-refractivity contribution in [2.75, 3.05) is 0 Å². The third-order valence-electron chi connectivity index (χ3n) is 1.87. The van der Waals surface area contributed by atoms with Gasteiger partial charge in [-0.15, -0.1) is 0 Å². The molecule has 112 valence electrons. The van der Waals surface area contributed by atoms with Gasteiger partial charge in [-0.3, -0.25) is 0 Å². The number of benzene rings is 1. The van der Waals surface area contributed by atoms with E-state index in [1.54, 1.807) is 6.20 Å². The Hall–Kier alpha value is -1.74. The molecule has 1 aromatic carbocycles. The Kier molecular flexibility index (Phi) is 20.2. The molecule has 0 unspecified atom stereocenters. The van der Waals surface area contributed by atoms with Gasteiger partial charge in [0.25, 0.3) is 0 Å². The second-order valence-corrected chi connectivity index (χ2v) is 3.18. The number of carbonyl (C=O) groups is 2. The van der Waals surface area contributed by atoms with Crippen molar-refractivity contribution < 1.29 is 9.59 Å². The number of aromatic nitrogens is 1. The van der Waals surface area contributed by atoms with Crippen molar-refractivity contribution in [2.45, 2.75) is 34.6 Å². The lowest BCUT2D eigenvalue weighted by Gasteiger charge is -1.99. The van der Waals surface area contributed by atoms with Crippen LogP contribution >= 0.6 is 11.6 Å². The lowest BCUT2D eigenvalue weighted by Crippen LogP contribution is -1.79. The van der Waals surface area contributed by atoms with E-state index >= 15 is 0 Å². The summed E-state index contributed by atoms with van der Waals surface area (Å²) in [5, 5.41) is 2.75. The minimum atomic E-state index is 0.580. The van der Waals surface area contributed by atoms with E-state index in [9.17, 15) is 0 Å². The summed E-state index contributed by atoms with van der Waals surface area (Å²) < 4.78 is 0. The first kappa shape index (κ1) is 23.4. The highest BCUT2D eigenvalue weighted by molar-refractivity contribution is 6.34. The molecule has 0 saturated heterocycles. The molecule has 0 fully saturated rings. The summed E-state index contributed by atoms with van der Waals surface area (Å²) >= 11 is 5.92. The smallest absolute Gasteiger partial charge is 0.136 e. The molecule has 0 saturated carbocycles. The molecule has 0 N–H and O–H groups in total. The second kappa shape index (κ2) is 17.3. The molecule has 1 aromatic heterocycles. The number of carbonyl (C=O) groups excluding carboxylic acids is 2. The highest BCUT2D eigenvalue weighted by atomic mass is 35.5. The van der Waals surface area contributed by atoms with Gasteiger partial charge in [-0.25, -0.2) is 4.98 Å². The molecule has 0 aliphatic heterocycles. The summed E-state index contributed by atoms with van der Waals surface area (Å²) in [6, 6.07) is 8.13. The number of pyridine rings is 1. The van der Waals surface area contributed by atoms with Gasteiger partial charge >= 0.3 is 0 Å². The number of halogens is 1. The quantitative estimate of drug-likeness (QED) is 0.651. The molecule has 1 heterocycles. The Labute approximate surface area is 127 Å². The monoisotopic (exact) mass is 297 g/mol. The molecule has 0 bridgehead atoms. The lowest BCUT2D eigenvalue weighted by atomic mass is 10.1. The SMILES string of the molecule is C=O.C=O.CC.CC.Cc1ccc2ccnc(Cl)c2c1. The van der Waals surface area contributed by atoms with Crippen LogP contribution < -0.4 is 0 Å². The van der Waals surface area contributed by atoms with E-state index in [1.807, 2.05) is 60.3 Å². The van der Waals surface area contributed by atoms with Gasteiger partial charge < -0.3 is 9.59 Å². The first-order chi connectivity index (χ1) is 9.77. The largest absolute Gasteiger partial charge is 0.307 e. The number of aryl methyl sites for hydroxylation is 1. The van der Waals surface area contributed by atoms with E-state index < -0.39 is 0 Å². The molecular weight excluding hydrogens is 274 g/mol. The Bertz CT molecular complexity index is 459. The molecule has 20 heavy (non-hydrogen) atoms. The fourth-order valence-electron chi connectivity index (χ4n) is 1.25. The van der Waals surface area contributed by atoms with Crippen LogP contribution in [0.15, 0.2) is 30.5 Å². The minimum absolute atomic E-state index is 0.580. The Balaban J connectivity index is -0.000000314. The maximum Gasteiger partial charge on any atom is 0.136 e. The number of nitrogens with zero attached hydrogens (tertiary/aromatic N) is 1. The van der Waals surface area contributed by atoms with E-state index in [1.165, 1.54) is 5.56 Å². The van der Waals surface area contributed by atoms with Crippen LogP contribution in [-0.4, -0.2) is 18.6 Å². The molecule has 0 atom stereocenters. The van der Waals surface area contributed by atoms with Crippen LogP contribution in [0.5, 0.6) is 0 Å². The Morgan fingerprint density at radius 2 is 1.45 bits per heavy atom. The lowest BCUT2D eigenvalue weighted by molar-refractivity contribution is -0.0987. The molecule has 0 aliphatic carbocycles. The van der Waals surface area contributed by atoms with Crippen molar-refractivity contribution in [2.24, 2.45) is 0 Å². The summed E-state index contributed by atoms with van der Waals surface area (Å²) in [4.78, 5) is 20.0. The summed E-state index contributed by atoms with van der Waals surface area (Å²) in [5.41, 5.74) is 1.21. The molecule has 2 aromatic rings. The van der Waals surface area contributed by atoms with E-state index in [4.69, 9.17) is 21.2 Å². The summed E-state index contributed by atoms with van der Waals surface area (Å²) in [7, 11) is 0. The average molecular weight is 298 g/mol. The van der Waals surface area contributed by atoms with E-state index in [-0.39, 0.29) is 0 Å². The normalized spacial score (nSPS) is 7.30. The Morgan fingerprint density at radius 1 is 0.950 bits per heavy atom. The summed E-state index contributed by atoms with van der Waals surface area (Å²) in [6.07, 6.45) is 1.72. The van der Waals surface area contributed by atoms with Crippen molar-refractivity contribution in [1.29, 1.82) is 0 Å². The third-order valence-corrected chi connectivity index (χ3v) is 2.17. The van der Waals surface area contributed by atoms with Gasteiger partial charge in [-0.1, -0.05) is 57.0 Å². The van der Waals surface area contributed by atoms with Crippen LogP contribution in [0.3, 0.4) is 0 Å². The summed E-state index contributed by atoms with van der Waals surface area (Å²) in [6.45, 7) is 14.0. The highest BCUT2D eigenvalue weighted by Gasteiger charge is 1.98. The van der Waals surface area contributed by atoms with Gasteiger partial charge in [-0.2, -0.15) is 0 Å². The van der Waals surface area contributed by atoms with Crippen LogP contribution in [0.4, 0.5) is 0 Å². The average Bonchev–Trinajstić information content (AvgIpc) is 2.56. The van der Waals surface area contributed by atoms with Gasteiger partial charge in [0.05, 0.1) is 0 Å². The molecule has 3 nitrogen and oxygen atoms in total. The van der Waals surface area contributed by atoms with Gasteiger partial charge in [0.15, 0.2) is 0 Å². The Morgan fingerprint density at radius 3 is 1.95 bits per heavy atom. The van der Waals surface area contributed by atoms with Crippen molar-refractivity contribution in [3.63, 3.8) is 0 Å². The van der Waals surface area contributed by atoms with Gasteiger partial charge in [0.1, 0.15) is 18.7 Å². The second-order valence-electron chi connectivity index (χ2n) is 2.83. The topological polar surface area (TPSA) is 47.0 Å². The van der Waals surface area contributed by atoms with Crippen LogP contribution in [0.2, 0.25) is 5.15 Å². The summed E-state index contributed by atoms with van der Waals surface area (Å²) in [5.74, 6) is 0. The van der Waals surface area contributed by atoms with Gasteiger partial charge in [0.2, 0.25) is 0 Å². The first-order valence-electron chi connectivity index (χ1n) is 6.36. The van der Waals surface area contributed by atoms with Crippen LogP contribution in [0.25, 0.3) is 10.8 Å². The fourth-order valence-corrected chi connectivity index (χ4v) is 1.47. The standard InChI is InChI=1S/C10H8ClN.2C2H6.2CH2O/c1-7-2-3-8-4-5-12-10(11)9(8)6-7;4*1-2/h2-6H,1H3;2*1-2H3;2*1H2. The molecule has 0 spiro atoms. The van der Waals surface area contributed by atoms with E-state index in [0.717, 1.165) is 10.8 Å². The number of hydrogen-bond acceptors (Lipinski definition) is 3. The predicted octanol–water partition coefficient (Wildman–Crippen LogP) is 4.88. The number of fused-ring (bicyclic) bond motifs is 1. The zero-order chi connectivity index (χ0) is 16.6. The fraction of sp³-hybridized carbons (Fsp3) is 0.312. The van der Waals surface area contributed by atoms with Crippen molar-refractivity contribution in [3.8, 4) is 0 Å². The zero-order valence-corrected chi connectivity index (χ0v) is 13.7. The maximum absolute atomic E-state index is 8.00. The van der Waals surface area contributed by atoms with Crippen molar-refractivity contribution in [1.82, 2.24) is 4.98 Å². The van der Waals surface area contributed by atoms with Crippen molar-refractivity contribution in [3.05, 3.63) is 41.2 Å². The van der Waals surface area contributed by atoms with Crippen LogP contribution in [0, 0.1) is 6.92 Å². The van der Waals surface area contributed by atoms with E-state index in [2.05, 4.69) is 17.1 Å². The van der Waals surface area contributed by atoms with Crippen molar-refractivity contribution >= 4 is 36.0 Å². The van der Waals surface area contributed by atoms with Crippen LogP contribution in [0.1, 0.15) is 33.3 Å². The molecule has 2 rings (SSSR count). The molecule has 4 heteroatoms. The predicted molar refractivity (Wildman–Crippen MR) is 88.4 cm³/mol. The highest BCUT2D eigenvalue weighted by Crippen LogP contribution is 2.21. The van der Waals surface area contributed by atoms with Gasteiger partial charge in [0, 0.05) is 11.6 Å². The number of rotatable bonds is 0. The first-order valence-corrected chi connectivity index (χ1v) is 6.74. The molecular formula is C16H24ClNO2. The number of hydrogen-bond donors (Lipinski definition) is 0. The molecule has 0 amide bonds. The molecule has 0 aliphatic rings. The zero-order valence-electron chi connectivity index (χ0n) is 12.9. The minimum Gasteiger partial charge on any atom is -0.307 e. The van der Waals surface area contributed by atoms with Crippen LogP contribution in [-0.2, 0) is 9.59 Å². The third kappa shape index (κ3) is 8.38. The maximum atomic E-state index is 8.00. The van der Waals surface area contributed by atoms with E-state index in [0.29, 0.717) is 5.15 Å². The molecule has 0 radical (unpaired) electrons. The van der Waals surface area contributed by atoms with Gasteiger partial charge in [-0.05, 0) is 24.4 Å².